The van der Waals surface area contributed by atoms with Crippen LogP contribution in [-0.4, -0.2) is 58.1 Å². The number of aromatic nitrogens is 1. The molecule has 2 heterocycles. The van der Waals surface area contributed by atoms with Crippen molar-refractivity contribution in [1.82, 2.24) is 9.88 Å². The van der Waals surface area contributed by atoms with Crippen molar-refractivity contribution in [1.29, 1.82) is 0 Å². The Labute approximate surface area is 143 Å². The summed E-state index contributed by atoms with van der Waals surface area (Å²) in [4.78, 5) is 40.8. The molecule has 132 valence electrons. The molecule has 1 aliphatic rings. The topological polar surface area (TPSA) is 109 Å². The van der Waals surface area contributed by atoms with Gasteiger partial charge in [0.2, 0.25) is 11.8 Å². The highest BCUT2D eigenvalue weighted by molar-refractivity contribution is 7.13. The number of anilines is 1. The van der Waals surface area contributed by atoms with Crippen molar-refractivity contribution in [2.45, 2.75) is 39.4 Å². The SMILES string of the molecule is CC(C)C(=O)Nc1nc(CC(=O)N2CC(C(=O)O)O[C@H](C)C2)cs1. The lowest BCUT2D eigenvalue weighted by Crippen LogP contribution is -2.52. The lowest BCUT2D eigenvalue weighted by Gasteiger charge is -2.34. The molecule has 8 nitrogen and oxygen atoms in total. The normalized spacial score (nSPS) is 20.9. The molecule has 2 amide bonds. The number of carboxylic acids is 1. The second-order valence-electron chi connectivity index (χ2n) is 6.04. The zero-order chi connectivity index (χ0) is 17.9. The largest absolute Gasteiger partial charge is 0.479 e. The quantitative estimate of drug-likeness (QED) is 0.815. The fourth-order valence-electron chi connectivity index (χ4n) is 2.25. The minimum atomic E-state index is -1.08. The standard InChI is InChI=1S/C15H21N3O5S/c1-8(2)13(20)17-15-16-10(7-24-15)4-12(19)18-5-9(3)23-11(6-18)14(21)22/h7-9,11H,4-6H2,1-3H3,(H,21,22)(H,16,17,20)/t9-,11?/m1/s1. The number of aliphatic carboxylic acids is 1. The monoisotopic (exact) mass is 355 g/mol. The maximum Gasteiger partial charge on any atom is 0.334 e. The number of nitrogens with one attached hydrogen (secondary N) is 1. The van der Waals surface area contributed by atoms with E-state index in [1.54, 1.807) is 26.2 Å². The smallest absolute Gasteiger partial charge is 0.334 e. The van der Waals surface area contributed by atoms with Gasteiger partial charge in [0.1, 0.15) is 0 Å². The van der Waals surface area contributed by atoms with Crippen molar-refractivity contribution >= 4 is 34.3 Å². The molecule has 0 aliphatic carbocycles. The molecule has 0 radical (unpaired) electrons. The van der Waals surface area contributed by atoms with Gasteiger partial charge in [-0.05, 0) is 6.92 Å². The number of thiazole rings is 1. The minimum Gasteiger partial charge on any atom is -0.479 e. The predicted molar refractivity (Wildman–Crippen MR) is 87.8 cm³/mol. The van der Waals surface area contributed by atoms with Gasteiger partial charge in [0.25, 0.3) is 0 Å². The molecule has 0 saturated carbocycles. The lowest BCUT2D eigenvalue weighted by molar-refractivity contribution is -0.166. The van der Waals surface area contributed by atoms with Gasteiger partial charge in [-0.3, -0.25) is 9.59 Å². The fourth-order valence-corrected chi connectivity index (χ4v) is 2.97. The summed E-state index contributed by atoms with van der Waals surface area (Å²) in [5.74, 6) is -1.56. The van der Waals surface area contributed by atoms with E-state index in [9.17, 15) is 14.4 Å². The van der Waals surface area contributed by atoms with E-state index in [-0.39, 0.29) is 36.8 Å². The van der Waals surface area contributed by atoms with Crippen molar-refractivity contribution in [2.75, 3.05) is 18.4 Å². The lowest BCUT2D eigenvalue weighted by atomic mass is 10.2. The van der Waals surface area contributed by atoms with Crippen LogP contribution in [0.25, 0.3) is 0 Å². The Bertz CT molecular complexity index is 630. The zero-order valence-electron chi connectivity index (χ0n) is 13.8. The van der Waals surface area contributed by atoms with E-state index in [2.05, 4.69) is 10.3 Å². The van der Waals surface area contributed by atoms with Crippen LogP contribution in [-0.2, 0) is 25.5 Å². The summed E-state index contributed by atoms with van der Waals surface area (Å²) in [6.07, 6.45) is -1.28. The summed E-state index contributed by atoms with van der Waals surface area (Å²) in [7, 11) is 0. The van der Waals surface area contributed by atoms with Crippen molar-refractivity contribution in [2.24, 2.45) is 5.92 Å². The number of ether oxygens (including phenoxy) is 1. The summed E-state index contributed by atoms with van der Waals surface area (Å²) in [6.45, 7) is 5.68. The van der Waals surface area contributed by atoms with E-state index >= 15 is 0 Å². The molecule has 24 heavy (non-hydrogen) atoms. The van der Waals surface area contributed by atoms with Crippen molar-refractivity contribution < 1.29 is 24.2 Å². The Hall–Kier alpha value is -2.00. The van der Waals surface area contributed by atoms with Gasteiger partial charge >= 0.3 is 5.97 Å². The molecule has 2 atom stereocenters. The molecular formula is C15H21N3O5S. The zero-order valence-corrected chi connectivity index (χ0v) is 14.6. The van der Waals surface area contributed by atoms with Gasteiger partial charge in [-0.25, -0.2) is 9.78 Å². The van der Waals surface area contributed by atoms with Gasteiger partial charge in [0.15, 0.2) is 11.2 Å². The van der Waals surface area contributed by atoms with Crippen LogP contribution in [0.1, 0.15) is 26.5 Å². The molecule has 0 aromatic carbocycles. The first-order valence-corrected chi connectivity index (χ1v) is 8.55. The first-order valence-electron chi connectivity index (χ1n) is 7.67. The average molecular weight is 355 g/mol. The van der Waals surface area contributed by atoms with Crippen molar-refractivity contribution in [3.63, 3.8) is 0 Å². The summed E-state index contributed by atoms with van der Waals surface area (Å²) in [6, 6.07) is 0. The molecule has 0 bridgehead atoms. The molecule has 1 aromatic rings. The summed E-state index contributed by atoms with van der Waals surface area (Å²) < 4.78 is 5.29. The van der Waals surface area contributed by atoms with E-state index in [1.807, 2.05) is 0 Å². The molecule has 1 aliphatic heterocycles. The average Bonchev–Trinajstić information content (AvgIpc) is 2.93. The van der Waals surface area contributed by atoms with Gasteiger partial charge in [-0.2, -0.15) is 0 Å². The molecule has 0 spiro atoms. The van der Waals surface area contributed by atoms with Crippen LogP contribution < -0.4 is 5.32 Å². The number of rotatable bonds is 5. The van der Waals surface area contributed by atoms with E-state index in [1.165, 1.54) is 16.2 Å². The summed E-state index contributed by atoms with van der Waals surface area (Å²) in [5.41, 5.74) is 0.551. The molecule has 2 rings (SSSR count). The second kappa shape index (κ2) is 7.71. The number of carboxylic acid groups (broad SMARTS) is 1. The van der Waals surface area contributed by atoms with Crippen LogP contribution in [0.4, 0.5) is 5.13 Å². The summed E-state index contributed by atoms with van der Waals surface area (Å²) in [5, 5.41) is 13.9. The Morgan fingerprint density at radius 3 is 2.79 bits per heavy atom. The molecule has 9 heteroatoms. The van der Waals surface area contributed by atoms with E-state index in [4.69, 9.17) is 9.84 Å². The molecular weight excluding hydrogens is 334 g/mol. The highest BCUT2D eigenvalue weighted by Gasteiger charge is 2.32. The van der Waals surface area contributed by atoms with Crippen molar-refractivity contribution in [3.05, 3.63) is 11.1 Å². The van der Waals surface area contributed by atoms with Gasteiger partial charge in [-0.1, -0.05) is 13.8 Å². The third-order valence-corrected chi connectivity index (χ3v) is 4.33. The van der Waals surface area contributed by atoms with Crippen LogP contribution in [0.3, 0.4) is 0 Å². The van der Waals surface area contributed by atoms with Gasteiger partial charge in [-0.15, -0.1) is 11.3 Å². The number of hydrogen-bond acceptors (Lipinski definition) is 6. The van der Waals surface area contributed by atoms with Gasteiger partial charge in [0, 0.05) is 17.8 Å². The fraction of sp³-hybridized carbons (Fsp3) is 0.600. The van der Waals surface area contributed by atoms with E-state index in [0.717, 1.165) is 0 Å². The van der Waals surface area contributed by atoms with Gasteiger partial charge < -0.3 is 20.1 Å². The van der Waals surface area contributed by atoms with Gasteiger partial charge in [0.05, 0.1) is 24.8 Å². The van der Waals surface area contributed by atoms with E-state index < -0.39 is 12.1 Å². The minimum absolute atomic E-state index is 0.0274. The highest BCUT2D eigenvalue weighted by atomic mass is 32.1. The molecule has 1 unspecified atom stereocenters. The number of morpholine rings is 1. The first kappa shape index (κ1) is 18.3. The Morgan fingerprint density at radius 2 is 2.17 bits per heavy atom. The summed E-state index contributed by atoms with van der Waals surface area (Å²) >= 11 is 1.26. The number of carbonyl (C=O) groups excluding carboxylic acids is 2. The van der Waals surface area contributed by atoms with Crippen LogP contribution in [0.2, 0.25) is 0 Å². The maximum atomic E-state index is 12.4. The number of nitrogens with zero attached hydrogens (tertiary/aromatic N) is 2. The Balaban J connectivity index is 1.95. The number of amides is 2. The molecule has 1 saturated heterocycles. The third kappa shape index (κ3) is 4.75. The Kier molecular flexibility index (Phi) is 5.89. The maximum absolute atomic E-state index is 12.4. The molecule has 1 aromatic heterocycles. The number of hydrogen-bond donors (Lipinski definition) is 2. The first-order chi connectivity index (χ1) is 11.3. The Morgan fingerprint density at radius 1 is 1.46 bits per heavy atom. The van der Waals surface area contributed by atoms with Crippen LogP contribution in [0.5, 0.6) is 0 Å². The highest BCUT2D eigenvalue weighted by Crippen LogP contribution is 2.18. The van der Waals surface area contributed by atoms with Crippen LogP contribution in [0, 0.1) is 5.92 Å². The van der Waals surface area contributed by atoms with E-state index in [0.29, 0.717) is 17.4 Å². The van der Waals surface area contributed by atoms with Crippen molar-refractivity contribution in [3.8, 4) is 0 Å². The molecule has 2 N–H and O–H groups in total. The van der Waals surface area contributed by atoms with Crippen LogP contribution >= 0.6 is 11.3 Å². The third-order valence-electron chi connectivity index (χ3n) is 3.53. The molecule has 1 fully saturated rings. The predicted octanol–water partition coefficient (Wildman–Crippen LogP) is 0.981. The second-order valence-corrected chi connectivity index (χ2v) is 6.90. The van der Waals surface area contributed by atoms with Crippen LogP contribution in [0.15, 0.2) is 5.38 Å². The number of carbonyl (C=O) groups is 3.